The van der Waals surface area contributed by atoms with Gasteiger partial charge in [0.15, 0.2) is 5.03 Å². The van der Waals surface area contributed by atoms with Gasteiger partial charge in [0.05, 0.1) is 25.0 Å². The molecule has 3 aromatic rings. The predicted molar refractivity (Wildman–Crippen MR) is 147 cm³/mol. The van der Waals surface area contributed by atoms with Gasteiger partial charge < -0.3 is 14.2 Å². The van der Waals surface area contributed by atoms with Gasteiger partial charge in [-0.2, -0.15) is 8.42 Å². The summed E-state index contributed by atoms with van der Waals surface area (Å²) in [6, 6.07) is 11.6. The first kappa shape index (κ1) is 29.4. The molecule has 1 aromatic carbocycles. The van der Waals surface area contributed by atoms with Crippen molar-refractivity contribution in [3.05, 3.63) is 65.6 Å². The van der Waals surface area contributed by atoms with Gasteiger partial charge >= 0.3 is 0 Å². The maximum absolute atomic E-state index is 14.4. The number of ether oxygens (including phenoxy) is 3. The molecule has 1 atom stereocenters. The topological polar surface area (TPSA) is 117 Å². The summed E-state index contributed by atoms with van der Waals surface area (Å²) in [5, 5.41) is -0.281. The lowest BCUT2D eigenvalue weighted by Gasteiger charge is -2.22. The van der Waals surface area contributed by atoms with E-state index in [4.69, 9.17) is 14.2 Å². The highest BCUT2D eigenvalue weighted by atomic mass is 32.2. The van der Waals surface area contributed by atoms with Crippen LogP contribution >= 0.6 is 0 Å². The number of carbonyl (C=O) groups is 1. The molecule has 1 fully saturated rings. The third kappa shape index (κ3) is 7.98. The molecule has 4 rings (SSSR count). The minimum Gasteiger partial charge on any atom is -0.493 e. The van der Waals surface area contributed by atoms with Crippen molar-refractivity contribution in [2.24, 2.45) is 5.92 Å². The van der Waals surface area contributed by atoms with Crippen molar-refractivity contribution < 1.29 is 31.8 Å². The van der Waals surface area contributed by atoms with Gasteiger partial charge in [0.2, 0.25) is 5.88 Å². The molecule has 0 bridgehead atoms. The number of halogens is 1. The molecule has 0 spiro atoms. The summed E-state index contributed by atoms with van der Waals surface area (Å²) in [4.78, 5) is 21.7. The van der Waals surface area contributed by atoms with Gasteiger partial charge in [-0.1, -0.05) is 19.9 Å². The van der Waals surface area contributed by atoms with Crippen LogP contribution < -0.4 is 14.2 Å². The molecule has 1 aliphatic heterocycles. The first-order valence-corrected chi connectivity index (χ1v) is 14.8. The minimum absolute atomic E-state index is 0.0332. The van der Waals surface area contributed by atoms with E-state index in [-0.39, 0.29) is 35.1 Å². The van der Waals surface area contributed by atoms with E-state index < -0.39 is 21.7 Å². The number of sulfonamides is 1. The van der Waals surface area contributed by atoms with Crippen LogP contribution in [-0.2, 0) is 14.8 Å². The van der Waals surface area contributed by atoms with E-state index in [2.05, 4.69) is 9.97 Å². The zero-order valence-corrected chi connectivity index (χ0v) is 23.7. The summed E-state index contributed by atoms with van der Waals surface area (Å²) in [5.41, 5.74) is 1.15. The van der Waals surface area contributed by atoms with E-state index in [1.54, 1.807) is 19.1 Å². The zero-order valence-electron chi connectivity index (χ0n) is 22.9. The van der Waals surface area contributed by atoms with E-state index in [0.29, 0.717) is 42.3 Å². The van der Waals surface area contributed by atoms with Crippen LogP contribution in [-0.4, -0.2) is 50.2 Å². The van der Waals surface area contributed by atoms with Gasteiger partial charge in [-0.05, 0) is 68.5 Å². The van der Waals surface area contributed by atoms with E-state index >= 15 is 0 Å². The van der Waals surface area contributed by atoms with E-state index in [1.807, 2.05) is 18.6 Å². The van der Waals surface area contributed by atoms with Crippen molar-refractivity contribution in [1.82, 2.24) is 14.7 Å². The van der Waals surface area contributed by atoms with Crippen LogP contribution in [0.3, 0.4) is 0 Å². The average Bonchev–Trinajstić information content (AvgIpc) is 2.92. The molecule has 1 saturated heterocycles. The first-order valence-electron chi connectivity index (χ1n) is 13.3. The van der Waals surface area contributed by atoms with Crippen LogP contribution in [0.25, 0.3) is 11.3 Å². The van der Waals surface area contributed by atoms with Gasteiger partial charge in [0.1, 0.15) is 17.1 Å². The Morgan fingerprint density at radius 3 is 2.67 bits per heavy atom. The molecular weight excluding hydrogens is 537 g/mol. The fraction of sp³-hybridized carbons (Fsp3) is 0.414. The highest BCUT2D eigenvalue weighted by Gasteiger charge is 2.24. The minimum atomic E-state index is -4.25. The second-order valence-corrected chi connectivity index (χ2v) is 11.7. The SMILES string of the molecule is Cc1cccc(S(=O)(=O)NC(=O)c2ccc(-c3cc(F)cc(OCC(C)C)c3)nc2OCCC2CCCCO2)n1. The summed E-state index contributed by atoms with van der Waals surface area (Å²) in [6.45, 7) is 6.93. The highest BCUT2D eigenvalue weighted by molar-refractivity contribution is 7.90. The third-order valence-corrected chi connectivity index (χ3v) is 7.41. The normalized spacial score (nSPS) is 15.6. The molecule has 40 heavy (non-hydrogen) atoms. The quantitative estimate of drug-likeness (QED) is 0.339. The Labute approximate surface area is 234 Å². The van der Waals surface area contributed by atoms with Gasteiger partial charge in [0.25, 0.3) is 15.9 Å². The maximum Gasteiger partial charge on any atom is 0.281 e. The third-order valence-electron chi connectivity index (χ3n) is 6.17. The molecule has 0 aliphatic carbocycles. The number of nitrogens with zero attached hydrogens (tertiary/aromatic N) is 2. The summed E-state index contributed by atoms with van der Waals surface area (Å²) in [6.07, 6.45) is 3.61. The fourth-order valence-electron chi connectivity index (χ4n) is 4.16. The predicted octanol–water partition coefficient (Wildman–Crippen LogP) is 5.08. The molecule has 1 aliphatic rings. The Bertz CT molecular complexity index is 1440. The Morgan fingerprint density at radius 1 is 1.12 bits per heavy atom. The first-order chi connectivity index (χ1) is 19.1. The number of nitrogens with one attached hydrogen (secondary N) is 1. The van der Waals surface area contributed by atoms with Crippen LogP contribution in [0.15, 0.2) is 53.6 Å². The number of aryl methyl sites for hydroxylation is 1. The van der Waals surface area contributed by atoms with Crippen molar-refractivity contribution in [2.45, 2.75) is 57.6 Å². The van der Waals surface area contributed by atoms with Crippen molar-refractivity contribution in [3.8, 4) is 22.9 Å². The largest absolute Gasteiger partial charge is 0.493 e. The van der Waals surface area contributed by atoms with Crippen LogP contribution in [0.4, 0.5) is 4.39 Å². The second kappa shape index (κ2) is 13.2. The monoisotopic (exact) mass is 571 g/mol. The molecule has 1 unspecified atom stereocenters. The Hall–Kier alpha value is -3.57. The molecule has 2 aromatic heterocycles. The summed E-state index contributed by atoms with van der Waals surface area (Å²) in [7, 11) is -4.25. The lowest BCUT2D eigenvalue weighted by Crippen LogP contribution is -2.32. The molecule has 11 heteroatoms. The number of rotatable bonds is 11. The maximum atomic E-state index is 14.4. The van der Waals surface area contributed by atoms with Crippen LogP contribution in [0.1, 0.15) is 55.6 Å². The zero-order chi connectivity index (χ0) is 28.7. The van der Waals surface area contributed by atoms with E-state index in [0.717, 1.165) is 19.3 Å². The molecule has 214 valence electrons. The number of benzene rings is 1. The standard InChI is InChI=1S/C29H34FN3O6S/c1-19(2)18-39-24-16-21(15-22(30)17-24)26-11-10-25(29(32-26)38-14-12-23-8-4-5-13-37-23)28(34)33-40(35,36)27-9-6-7-20(3)31-27/h6-7,9-11,15-17,19,23H,4-5,8,12-14,18H2,1-3H3,(H,33,34). The Kier molecular flexibility index (Phi) is 9.70. The lowest BCUT2D eigenvalue weighted by molar-refractivity contribution is 0.00374. The van der Waals surface area contributed by atoms with Crippen molar-refractivity contribution in [3.63, 3.8) is 0 Å². The fourth-order valence-corrected chi connectivity index (χ4v) is 5.14. The average molecular weight is 572 g/mol. The second-order valence-electron chi connectivity index (χ2n) is 10.1. The Morgan fingerprint density at radius 2 is 1.95 bits per heavy atom. The van der Waals surface area contributed by atoms with Crippen molar-refractivity contribution in [2.75, 3.05) is 19.8 Å². The molecule has 0 saturated carbocycles. The molecule has 9 nitrogen and oxygen atoms in total. The van der Waals surface area contributed by atoms with Gasteiger partial charge in [0, 0.05) is 30.4 Å². The highest BCUT2D eigenvalue weighted by Crippen LogP contribution is 2.28. The number of hydrogen-bond donors (Lipinski definition) is 1. The summed E-state index contributed by atoms with van der Waals surface area (Å²) >= 11 is 0. The van der Waals surface area contributed by atoms with E-state index in [9.17, 15) is 17.6 Å². The molecular formula is C29H34FN3O6S. The van der Waals surface area contributed by atoms with Gasteiger partial charge in [-0.15, -0.1) is 0 Å². The summed E-state index contributed by atoms with van der Waals surface area (Å²) < 4.78 is 59.5. The lowest BCUT2D eigenvalue weighted by atomic mass is 10.1. The molecule has 0 radical (unpaired) electrons. The Balaban J connectivity index is 1.62. The number of carbonyl (C=O) groups excluding carboxylic acids is 1. The number of pyridine rings is 2. The number of aromatic nitrogens is 2. The van der Waals surface area contributed by atoms with Crippen molar-refractivity contribution in [1.29, 1.82) is 0 Å². The molecule has 1 amide bonds. The molecule has 3 heterocycles. The van der Waals surface area contributed by atoms with Crippen molar-refractivity contribution >= 4 is 15.9 Å². The van der Waals surface area contributed by atoms with E-state index in [1.165, 1.54) is 36.4 Å². The van der Waals surface area contributed by atoms with Crippen LogP contribution in [0.5, 0.6) is 11.6 Å². The molecule has 1 N–H and O–H groups in total. The smallest absolute Gasteiger partial charge is 0.281 e. The number of amides is 1. The number of hydrogen-bond acceptors (Lipinski definition) is 8. The van der Waals surface area contributed by atoms with Gasteiger partial charge in [-0.25, -0.2) is 19.1 Å². The van der Waals surface area contributed by atoms with Crippen LogP contribution in [0.2, 0.25) is 0 Å². The van der Waals surface area contributed by atoms with Crippen LogP contribution in [0, 0.1) is 18.7 Å². The summed E-state index contributed by atoms with van der Waals surface area (Å²) in [5.74, 6) is -0.907. The van der Waals surface area contributed by atoms with Gasteiger partial charge in [-0.3, -0.25) is 4.79 Å².